The van der Waals surface area contributed by atoms with Gasteiger partial charge < -0.3 is 14.4 Å². The highest BCUT2D eigenvalue weighted by molar-refractivity contribution is 6.37. The maximum atomic E-state index is 15.1. The summed E-state index contributed by atoms with van der Waals surface area (Å²) in [5, 5.41) is -0.679. The summed E-state index contributed by atoms with van der Waals surface area (Å²) in [4.78, 5) is 15.7. The standard InChI is InChI=1S/C21H22Cl2F3N5O2/c22-17-12-15(14(26)18(23)28-17)27-20(33-9-21-2-1-3-30(21)7-10(24)6-21)29-19(12)31-4-5-32-8-11-13(25)16(11)31/h10-11,13,16H,1-9H2/t10-,11?,13+,16+,21+/m1/s1/i9D2. The summed E-state index contributed by atoms with van der Waals surface area (Å²) in [6.45, 7) is -0.966. The monoisotopic (exact) mass is 505 g/mol. The lowest BCUT2D eigenvalue weighted by Crippen LogP contribution is -2.43. The number of hydrogen-bond acceptors (Lipinski definition) is 7. The second-order valence-electron chi connectivity index (χ2n) is 9.01. The maximum Gasteiger partial charge on any atom is 0.319 e. The third-order valence-electron chi connectivity index (χ3n) is 7.05. The van der Waals surface area contributed by atoms with Gasteiger partial charge in [0.2, 0.25) is 0 Å². The molecule has 1 unspecified atom stereocenters. The fraction of sp³-hybridized carbons (Fsp3) is 0.667. The minimum absolute atomic E-state index is 0.0200. The Hall–Kier alpha value is -1.62. The van der Waals surface area contributed by atoms with Gasteiger partial charge in [-0.1, -0.05) is 23.2 Å². The van der Waals surface area contributed by atoms with Gasteiger partial charge in [0.15, 0.2) is 11.0 Å². The normalized spacial score (nSPS) is 35.1. The average molecular weight is 506 g/mol. The van der Waals surface area contributed by atoms with Crippen molar-refractivity contribution in [2.45, 2.75) is 43.2 Å². The van der Waals surface area contributed by atoms with Gasteiger partial charge in [0.05, 0.1) is 32.9 Å². The molecular formula is C21H22Cl2F3N5O2. The Kier molecular flexibility index (Phi) is 4.75. The van der Waals surface area contributed by atoms with Crippen molar-refractivity contribution in [1.29, 1.82) is 0 Å². The van der Waals surface area contributed by atoms with Gasteiger partial charge in [-0.3, -0.25) is 4.90 Å². The van der Waals surface area contributed by atoms with Gasteiger partial charge in [0.25, 0.3) is 0 Å². The van der Waals surface area contributed by atoms with Crippen molar-refractivity contribution in [2.24, 2.45) is 5.92 Å². The number of anilines is 1. The molecule has 6 rings (SSSR count). The fourth-order valence-electron chi connectivity index (χ4n) is 5.41. The largest absolute Gasteiger partial charge is 0.461 e. The summed E-state index contributed by atoms with van der Waals surface area (Å²) in [5.74, 6) is -1.31. The first-order valence-electron chi connectivity index (χ1n) is 11.9. The zero-order chi connectivity index (χ0) is 24.7. The first-order valence-corrected chi connectivity index (χ1v) is 11.7. The van der Waals surface area contributed by atoms with Crippen molar-refractivity contribution in [3.8, 4) is 6.01 Å². The highest BCUT2D eigenvalue weighted by Gasteiger charge is 2.56. The molecule has 3 aliphatic heterocycles. The Morgan fingerprint density at radius 3 is 2.91 bits per heavy atom. The number of halogens is 5. The molecule has 0 N–H and O–H groups in total. The van der Waals surface area contributed by atoms with E-state index in [1.807, 2.05) is 0 Å². The van der Waals surface area contributed by atoms with E-state index in [0.29, 0.717) is 19.4 Å². The molecule has 0 bridgehead atoms. The summed E-state index contributed by atoms with van der Waals surface area (Å²) in [6, 6.07) is -1.04. The number of alkyl halides is 2. The van der Waals surface area contributed by atoms with Crippen molar-refractivity contribution in [1.82, 2.24) is 19.9 Å². The number of aromatic nitrogens is 3. The molecule has 1 saturated carbocycles. The average Bonchev–Trinajstić information content (AvgIpc) is 3.14. The number of pyridine rings is 1. The van der Waals surface area contributed by atoms with Crippen LogP contribution in [0, 0.1) is 11.7 Å². The lowest BCUT2D eigenvalue weighted by molar-refractivity contribution is 0.107. The highest BCUT2D eigenvalue weighted by atomic mass is 35.5. The fourth-order valence-corrected chi connectivity index (χ4v) is 5.88. The topological polar surface area (TPSA) is 63.6 Å². The zero-order valence-electron chi connectivity index (χ0n) is 19.4. The third-order valence-corrected chi connectivity index (χ3v) is 7.57. The minimum atomic E-state index is -2.39. The molecule has 5 atom stereocenters. The van der Waals surface area contributed by atoms with Gasteiger partial charge in [0, 0.05) is 25.4 Å². The van der Waals surface area contributed by atoms with Crippen LogP contribution in [0.3, 0.4) is 0 Å². The smallest absolute Gasteiger partial charge is 0.319 e. The van der Waals surface area contributed by atoms with E-state index < -0.39 is 47.5 Å². The van der Waals surface area contributed by atoms with E-state index in [1.54, 1.807) is 9.80 Å². The molecule has 2 aromatic rings. The van der Waals surface area contributed by atoms with E-state index in [-0.39, 0.29) is 60.5 Å². The molecule has 12 heteroatoms. The van der Waals surface area contributed by atoms with Crippen LogP contribution in [-0.2, 0) is 4.74 Å². The van der Waals surface area contributed by atoms with Crippen LogP contribution in [0.15, 0.2) is 0 Å². The Morgan fingerprint density at radius 2 is 2.06 bits per heavy atom. The molecule has 33 heavy (non-hydrogen) atoms. The predicted molar refractivity (Wildman–Crippen MR) is 116 cm³/mol. The molecule has 178 valence electrons. The number of rotatable bonds is 4. The van der Waals surface area contributed by atoms with E-state index in [1.165, 1.54) is 0 Å². The molecule has 0 spiro atoms. The first-order chi connectivity index (χ1) is 16.6. The van der Waals surface area contributed by atoms with E-state index in [4.69, 9.17) is 35.4 Å². The lowest BCUT2D eigenvalue weighted by Gasteiger charge is -2.31. The molecule has 4 fully saturated rings. The van der Waals surface area contributed by atoms with Crippen LogP contribution in [-0.4, -0.2) is 83.2 Å². The van der Waals surface area contributed by atoms with Gasteiger partial charge in [-0.15, -0.1) is 0 Å². The summed E-state index contributed by atoms with van der Waals surface area (Å²) in [6.07, 6.45) is -1.31. The summed E-state index contributed by atoms with van der Waals surface area (Å²) < 4.78 is 72.7. The molecule has 4 aliphatic rings. The Bertz CT molecular complexity index is 1200. The van der Waals surface area contributed by atoms with Crippen molar-refractivity contribution in [3.05, 3.63) is 16.1 Å². The quantitative estimate of drug-likeness (QED) is 0.588. The minimum Gasteiger partial charge on any atom is -0.461 e. The van der Waals surface area contributed by atoms with Crippen molar-refractivity contribution in [2.75, 3.05) is 44.3 Å². The van der Waals surface area contributed by atoms with Crippen molar-refractivity contribution >= 4 is 39.9 Å². The van der Waals surface area contributed by atoms with Crippen LogP contribution in [0.1, 0.15) is 22.0 Å². The molecule has 0 aromatic carbocycles. The van der Waals surface area contributed by atoms with Crippen LogP contribution >= 0.6 is 23.2 Å². The molecule has 1 aliphatic carbocycles. The van der Waals surface area contributed by atoms with Gasteiger partial charge in [-0.05, 0) is 19.4 Å². The lowest BCUT2D eigenvalue weighted by atomic mass is 9.95. The molecule has 0 amide bonds. The first kappa shape index (κ1) is 19.7. The van der Waals surface area contributed by atoms with E-state index in [2.05, 4.69) is 15.0 Å². The Balaban J connectivity index is 1.47. The van der Waals surface area contributed by atoms with Crippen LogP contribution < -0.4 is 9.64 Å². The SMILES string of the molecule is [2H]C([2H])(Oc1nc(N2CCOCC3[C@H](F)[C@H]32)c2c(Cl)nc(Cl)c(F)c2n1)[C@@]12CCCN1C[C@H](F)C2. The highest BCUT2D eigenvalue weighted by Crippen LogP contribution is 2.46. The zero-order valence-corrected chi connectivity index (χ0v) is 18.9. The second-order valence-corrected chi connectivity index (χ2v) is 9.73. The van der Waals surface area contributed by atoms with Crippen LogP contribution in [0.25, 0.3) is 10.9 Å². The van der Waals surface area contributed by atoms with E-state index in [9.17, 15) is 8.78 Å². The van der Waals surface area contributed by atoms with E-state index in [0.717, 1.165) is 0 Å². The maximum absolute atomic E-state index is 15.1. The number of nitrogens with zero attached hydrogens (tertiary/aromatic N) is 5. The molecule has 5 heterocycles. The van der Waals surface area contributed by atoms with Crippen LogP contribution in [0.4, 0.5) is 19.0 Å². The molecule has 7 nitrogen and oxygen atoms in total. The number of ether oxygens (including phenoxy) is 2. The van der Waals surface area contributed by atoms with Crippen LogP contribution in [0.2, 0.25) is 10.3 Å². The van der Waals surface area contributed by atoms with Gasteiger partial charge in [0.1, 0.15) is 35.4 Å². The summed E-state index contributed by atoms with van der Waals surface area (Å²) in [7, 11) is 0. The second kappa shape index (κ2) is 7.96. The van der Waals surface area contributed by atoms with E-state index >= 15 is 4.39 Å². The molecule has 2 aromatic heterocycles. The van der Waals surface area contributed by atoms with Gasteiger partial charge in [-0.25, -0.2) is 18.2 Å². The number of hydrogen-bond donors (Lipinski definition) is 0. The van der Waals surface area contributed by atoms with Crippen molar-refractivity contribution in [3.63, 3.8) is 0 Å². The van der Waals surface area contributed by atoms with Gasteiger partial charge >= 0.3 is 6.01 Å². The molecule has 0 radical (unpaired) electrons. The molecule has 3 saturated heterocycles. The predicted octanol–water partition coefficient (Wildman–Crippen LogP) is 3.60. The Morgan fingerprint density at radius 1 is 1.21 bits per heavy atom. The molecular weight excluding hydrogens is 482 g/mol. The summed E-state index contributed by atoms with van der Waals surface area (Å²) >= 11 is 12.2. The Labute approximate surface area is 201 Å². The summed E-state index contributed by atoms with van der Waals surface area (Å²) in [5.41, 5.74) is -1.52. The van der Waals surface area contributed by atoms with Crippen molar-refractivity contribution < 1.29 is 25.4 Å². The van der Waals surface area contributed by atoms with Crippen LogP contribution in [0.5, 0.6) is 6.01 Å². The third kappa shape index (κ3) is 3.52. The van der Waals surface area contributed by atoms with Gasteiger partial charge in [-0.2, -0.15) is 9.97 Å². The number of fused-ring (bicyclic) bond motifs is 3.